The monoisotopic (exact) mass is 241 g/mol. The fourth-order valence-electron chi connectivity index (χ4n) is 1.91. The summed E-state index contributed by atoms with van der Waals surface area (Å²) < 4.78 is 5.15. The molecule has 1 aliphatic carbocycles. The fraction of sp³-hybridized carbons (Fsp3) is 0.846. The van der Waals surface area contributed by atoms with Crippen molar-refractivity contribution in [2.45, 2.75) is 59.1 Å². The molecule has 0 spiro atoms. The molecule has 17 heavy (non-hydrogen) atoms. The molecule has 0 aromatic heterocycles. The van der Waals surface area contributed by atoms with Crippen LogP contribution in [0.15, 0.2) is 0 Å². The number of Topliss-reactive ketones (excluding diaryl/α,β-unsaturated/α-hetero) is 1. The molecule has 0 heterocycles. The van der Waals surface area contributed by atoms with Crippen molar-refractivity contribution < 1.29 is 14.3 Å². The summed E-state index contributed by atoms with van der Waals surface area (Å²) in [5.41, 5.74) is -0.471. The van der Waals surface area contributed by atoms with Gasteiger partial charge < -0.3 is 10.1 Å². The second-order valence-electron chi connectivity index (χ2n) is 6.07. The Morgan fingerprint density at radius 3 is 2.18 bits per heavy atom. The Labute approximate surface area is 103 Å². The summed E-state index contributed by atoms with van der Waals surface area (Å²) in [6.45, 7) is 9.32. The summed E-state index contributed by atoms with van der Waals surface area (Å²) in [6.07, 6.45) is 1.10. The van der Waals surface area contributed by atoms with E-state index in [4.69, 9.17) is 4.74 Å². The van der Waals surface area contributed by atoms with E-state index in [9.17, 15) is 9.59 Å². The number of rotatable bonds is 3. The van der Waals surface area contributed by atoms with Gasteiger partial charge in [0.15, 0.2) is 0 Å². The number of ether oxygens (including phenoxy) is 1. The molecule has 1 saturated carbocycles. The number of ketones is 1. The molecule has 0 bridgehead atoms. The smallest absolute Gasteiger partial charge is 0.407 e. The van der Waals surface area contributed by atoms with E-state index < -0.39 is 11.7 Å². The van der Waals surface area contributed by atoms with Gasteiger partial charge in [0, 0.05) is 17.9 Å². The molecule has 98 valence electrons. The summed E-state index contributed by atoms with van der Waals surface area (Å²) in [5, 5.41) is 2.78. The molecule has 1 rings (SSSR count). The number of hydrogen-bond donors (Lipinski definition) is 1. The van der Waals surface area contributed by atoms with Gasteiger partial charge in [0.05, 0.1) is 0 Å². The first-order valence-electron chi connectivity index (χ1n) is 6.22. The average Bonchev–Trinajstić information content (AvgIpc) is 2.06. The van der Waals surface area contributed by atoms with Gasteiger partial charge in [-0.1, -0.05) is 13.8 Å². The van der Waals surface area contributed by atoms with Crippen molar-refractivity contribution in [3.8, 4) is 0 Å². The molecule has 0 radical (unpaired) electrons. The summed E-state index contributed by atoms with van der Waals surface area (Å²) in [4.78, 5) is 23.1. The summed E-state index contributed by atoms with van der Waals surface area (Å²) in [7, 11) is 0. The first-order valence-corrected chi connectivity index (χ1v) is 6.22. The third kappa shape index (κ3) is 4.36. The Morgan fingerprint density at radius 1 is 1.24 bits per heavy atom. The predicted molar refractivity (Wildman–Crippen MR) is 65.7 cm³/mol. The lowest BCUT2D eigenvalue weighted by atomic mass is 9.75. The van der Waals surface area contributed by atoms with Crippen molar-refractivity contribution in [3.63, 3.8) is 0 Å². The van der Waals surface area contributed by atoms with Crippen molar-refractivity contribution in [1.82, 2.24) is 5.32 Å². The Balaban J connectivity index is 2.26. The minimum atomic E-state index is -0.471. The molecular formula is C13H23NO3. The third-order valence-corrected chi connectivity index (χ3v) is 2.83. The van der Waals surface area contributed by atoms with Crippen LogP contribution >= 0.6 is 0 Å². The molecule has 0 saturated heterocycles. The number of hydrogen-bond acceptors (Lipinski definition) is 3. The molecular weight excluding hydrogens is 218 g/mol. The molecule has 1 amide bonds. The first kappa shape index (κ1) is 14.0. The van der Waals surface area contributed by atoms with E-state index in [-0.39, 0.29) is 17.9 Å². The third-order valence-electron chi connectivity index (χ3n) is 2.83. The minimum Gasteiger partial charge on any atom is -0.444 e. The highest BCUT2D eigenvalue weighted by Crippen LogP contribution is 2.30. The zero-order valence-electron chi connectivity index (χ0n) is 11.4. The zero-order valence-corrected chi connectivity index (χ0v) is 11.4. The van der Waals surface area contributed by atoms with Crippen LogP contribution in [-0.4, -0.2) is 23.5 Å². The van der Waals surface area contributed by atoms with Gasteiger partial charge in [0.25, 0.3) is 0 Å². The highest BCUT2D eigenvalue weighted by atomic mass is 16.6. The van der Waals surface area contributed by atoms with E-state index in [1.54, 1.807) is 0 Å². The Bertz CT molecular complexity index is 298. The van der Waals surface area contributed by atoms with Crippen molar-refractivity contribution in [1.29, 1.82) is 0 Å². The maximum atomic E-state index is 11.6. The van der Waals surface area contributed by atoms with Crippen LogP contribution < -0.4 is 5.32 Å². The molecule has 0 aliphatic heterocycles. The largest absolute Gasteiger partial charge is 0.444 e. The second-order valence-corrected chi connectivity index (χ2v) is 6.07. The fourth-order valence-corrected chi connectivity index (χ4v) is 1.91. The minimum absolute atomic E-state index is 0.0856. The quantitative estimate of drug-likeness (QED) is 0.826. The molecule has 0 atom stereocenters. The maximum Gasteiger partial charge on any atom is 0.407 e. The lowest BCUT2D eigenvalue weighted by molar-refractivity contribution is -0.129. The van der Waals surface area contributed by atoms with E-state index in [0.717, 1.165) is 12.8 Å². The van der Waals surface area contributed by atoms with E-state index in [2.05, 4.69) is 5.32 Å². The van der Waals surface area contributed by atoms with Crippen LogP contribution in [0.5, 0.6) is 0 Å². The van der Waals surface area contributed by atoms with Crippen molar-refractivity contribution in [3.05, 3.63) is 0 Å². The van der Waals surface area contributed by atoms with Gasteiger partial charge in [-0.2, -0.15) is 0 Å². The normalized spacial score (nSPS) is 24.1. The molecule has 0 unspecified atom stereocenters. The molecule has 1 aliphatic rings. The van der Waals surface area contributed by atoms with Crippen LogP contribution in [0.4, 0.5) is 4.79 Å². The summed E-state index contributed by atoms with van der Waals surface area (Å²) in [6, 6.07) is 0.0950. The van der Waals surface area contributed by atoms with Crippen LogP contribution in [0.2, 0.25) is 0 Å². The number of carbonyl (C=O) groups excluding carboxylic acids is 2. The first-order chi connectivity index (χ1) is 7.69. The highest BCUT2D eigenvalue weighted by Gasteiger charge is 2.36. The van der Waals surface area contributed by atoms with Gasteiger partial charge in [-0.15, -0.1) is 0 Å². The van der Waals surface area contributed by atoms with E-state index in [1.165, 1.54) is 0 Å². The van der Waals surface area contributed by atoms with Crippen molar-refractivity contribution >= 4 is 11.9 Å². The summed E-state index contributed by atoms with van der Waals surface area (Å²) >= 11 is 0. The van der Waals surface area contributed by atoms with Gasteiger partial charge in [0.1, 0.15) is 11.4 Å². The lowest BCUT2D eigenvalue weighted by Gasteiger charge is -2.36. The average molecular weight is 241 g/mol. The van der Waals surface area contributed by atoms with Gasteiger partial charge in [0.2, 0.25) is 0 Å². The summed E-state index contributed by atoms with van der Waals surface area (Å²) in [5.74, 6) is 0.504. The SMILES string of the molecule is CC(C)C(=O)C1CC(NC(=O)OC(C)(C)C)C1. The number of carbonyl (C=O) groups is 2. The standard InChI is InChI=1S/C13H23NO3/c1-8(2)11(15)9-6-10(7-9)14-12(16)17-13(3,4)5/h8-10H,6-7H2,1-5H3,(H,14,16). The van der Waals surface area contributed by atoms with Gasteiger partial charge in [-0.3, -0.25) is 4.79 Å². The molecule has 0 aromatic rings. The molecule has 0 aromatic carbocycles. The lowest BCUT2D eigenvalue weighted by Crippen LogP contribution is -2.48. The second kappa shape index (κ2) is 5.07. The Kier molecular flexibility index (Phi) is 4.17. The van der Waals surface area contributed by atoms with Crippen molar-refractivity contribution in [2.24, 2.45) is 11.8 Å². The number of alkyl carbamates (subject to hydrolysis) is 1. The molecule has 4 heteroatoms. The topological polar surface area (TPSA) is 55.4 Å². The predicted octanol–water partition coefficient (Wildman–Crippen LogP) is 2.51. The highest BCUT2D eigenvalue weighted by molar-refractivity contribution is 5.84. The van der Waals surface area contributed by atoms with Crippen molar-refractivity contribution in [2.75, 3.05) is 0 Å². The van der Waals surface area contributed by atoms with Crippen LogP contribution in [0.3, 0.4) is 0 Å². The zero-order chi connectivity index (χ0) is 13.2. The van der Waals surface area contributed by atoms with E-state index >= 15 is 0 Å². The van der Waals surface area contributed by atoms with Gasteiger partial charge >= 0.3 is 6.09 Å². The number of amides is 1. The Morgan fingerprint density at radius 2 is 1.76 bits per heavy atom. The van der Waals surface area contributed by atoms with Crippen LogP contribution in [0, 0.1) is 11.8 Å². The van der Waals surface area contributed by atoms with E-state index in [0.29, 0.717) is 5.78 Å². The van der Waals surface area contributed by atoms with Gasteiger partial charge in [-0.05, 0) is 33.6 Å². The van der Waals surface area contributed by atoms with Crippen LogP contribution in [0.1, 0.15) is 47.5 Å². The van der Waals surface area contributed by atoms with E-state index in [1.807, 2.05) is 34.6 Å². The maximum absolute atomic E-state index is 11.6. The molecule has 1 fully saturated rings. The van der Waals surface area contributed by atoms with Crippen LogP contribution in [-0.2, 0) is 9.53 Å². The Hall–Kier alpha value is -1.06. The van der Waals surface area contributed by atoms with Gasteiger partial charge in [-0.25, -0.2) is 4.79 Å². The molecule has 1 N–H and O–H groups in total. The molecule has 4 nitrogen and oxygen atoms in total. The number of nitrogens with one attached hydrogen (secondary N) is 1. The van der Waals surface area contributed by atoms with Crippen LogP contribution in [0.25, 0.3) is 0 Å².